The van der Waals surface area contributed by atoms with Crippen LogP contribution in [0, 0.1) is 5.41 Å². The molecule has 4 aromatic rings. The van der Waals surface area contributed by atoms with Crippen LogP contribution in [0.4, 0.5) is 11.6 Å². The van der Waals surface area contributed by atoms with Crippen molar-refractivity contribution >= 4 is 23.2 Å². The first kappa shape index (κ1) is 16.8. The highest BCUT2D eigenvalue weighted by atomic mass is 16.5. The predicted molar refractivity (Wildman–Crippen MR) is 107 cm³/mol. The summed E-state index contributed by atoms with van der Waals surface area (Å²) in [6.07, 6.45) is 0. The number of anilines is 2. The van der Waals surface area contributed by atoms with Gasteiger partial charge in [0.2, 0.25) is 11.8 Å². The number of nitrogens with zero attached hydrogens (tertiary/aromatic N) is 3. The molecule has 0 aliphatic heterocycles. The van der Waals surface area contributed by atoms with Crippen molar-refractivity contribution in [3.05, 3.63) is 78.4 Å². The van der Waals surface area contributed by atoms with E-state index in [4.69, 9.17) is 10.1 Å². The maximum atomic E-state index is 8.01. The van der Waals surface area contributed by atoms with Gasteiger partial charge in [-0.1, -0.05) is 36.4 Å². The fraction of sp³-hybridized carbons (Fsp3) is 0.0952. The second-order valence-corrected chi connectivity index (χ2v) is 5.95. The summed E-state index contributed by atoms with van der Waals surface area (Å²) in [7, 11) is 0. The van der Waals surface area contributed by atoms with Crippen molar-refractivity contribution in [2.45, 2.75) is 6.92 Å². The van der Waals surface area contributed by atoms with Gasteiger partial charge < -0.3 is 10.1 Å². The molecule has 0 fully saturated rings. The summed E-state index contributed by atoms with van der Waals surface area (Å²) in [5.41, 5.74) is 4.25. The van der Waals surface area contributed by atoms with Crippen LogP contribution in [0.3, 0.4) is 0 Å². The van der Waals surface area contributed by atoms with E-state index in [0.29, 0.717) is 12.6 Å². The molecule has 0 bridgehead atoms. The van der Waals surface area contributed by atoms with Gasteiger partial charge in [-0.3, -0.25) is 5.41 Å². The smallest absolute Gasteiger partial charge is 0.247 e. The van der Waals surface area contributed by atoms with E-state index in [1.807, 2.05) is 79.7 Å². The third kappa shape index (κ3) is 3.50. The molecule has 2 aromatic heterocycles. The molecular weight excluding hydrogens is 338 g/mol. The van der Waals surface area contributed by atoms with Gasteiger partial charge in [-0.15, -0.1) is 5.10 Å². The summed E-state index contributed by atoms with van der Waals surface area (Å²) in [4.78, 5) is 4.55. The van der Waals surface area contributed by atoms with E-state index in [2.05, 4.69) is 15.4 Å². The van der Waals surface area contributed by atoms with Crippen molar-refractivity contribution in [3.63, 3.8) is 0 Å². The molecule has 0 unspecified atom stereocenters. The van der Waals surface area contributed by atoms with Crippen molar-refractivity contribution in [1.29, 1.82) is 5.41 Å². The molecule has 0 aliphatic rings. The number of ether oxygens (including phenoxy) is 1. The molecule has 27 heavy (non-hydrogen) atoms. The molecule has 0 radical (unpaired) electrons. The minimum Gasteiger partial charge on any atom is -0.478 e. The van der Waals surface area contributed by atoms with E-state index in [9.17, 15) is 0 Å². The SMILES string of the molecule is CCOC(=N)c1cccc(-c2cccc3nc(Nc4ccccc4)nn23)c1. The zero-order valence-electron chi connectivity index (χ0n) is 14.9. The van der Waals surface area contributed by atoms with Crippen molar-refractivity contribution in [2.24, 2.45) is 0 Å². The Hall–Kier alpha value is -3.67. The Labute approximate surface area is 157 Å². The predicted octanol–water partition coefficient (Wildman–Crippen LogP) is 4.50. The minimum atomic E-state index is 0.163. The monoisotopic (exact) mass is 357 g/mol. The Balaban J connectivity index is 1.72. The Morgan fingerprint density at radius 3 is 2.67 bits per heavy atom. The normalized spacial score (nSPS) is 10.7. The average molecular weight is 357 g/mol. The Kier molecular flexibility index (Phi) is 4.53. The largest absolute Gasteiger partial charge is 0.478 e. The van der Waals surface area contributed by atoms with Crippen LogP contribution >= 0.6 is 0 Å². The van der Waals surface area contributed by atoms with Gasteiger partial charge in [0.05, 0.1) is 12.3 Å². The summed E-state index contributed by atoms with van der Waals surface area (Å²) in [6, 6.07) is 23.4. The standard InChI is InChI=1S/C21H19N5O/c1-2-27-20(22)16-9-6-8-15(14-16)18-12-7-13-19-24-21(25-26(18)19)23-17-10-4-3-5-11-17/h3-14,22H,2H2,1H3,(H,23,25). The Morgan fingerprint density at radius 2 is 1.85 bits per heavy atom. The van der Waals surface area contributed by atoms with Gasteiger partial charge in [0.1, 0.15) is 0 Å². The second-order valence-electron chi connectivity index (χ2n) is 5.95. The van der Waals surface area contributed by atoms with Crippen molar-refractivity contribution in [3.8, 4) is 11.3 Å². The number of pyridine rings is 1. The average Bonchev–Trinajstić information content (AvgIpc) is 3.11. The van der Waals surface area contributed by atoms with E-state index in [-0.39, 0.29) is 5.90 Å². The number of rotatable bonds is 5. The molecule has 0 amide bonds. The van der Waals surface area contributed by atoms with E-state index >= 15 is 0 Å². The van der Waals surface area contributed by atoms with Crippen LogP contribution in [-0.2, 0) is 4.74 Å². The molecule has 0 atom stereocenters. The van der Waals surface area contributed by atoms with Crippen molar-refractivity contribution in [2.75, 3.05) is 11.9 Å². The van der Waals surface area contributed by atoms with Gasteiger partial charge in [-0.25, -0.2) is 4.52 Å². The molecule has 6 nitrogen and oxygen atoms in total. The molecular formula is C21H19N5O. The lowest BCUT2D eigenvalue weighted by molar-refractivity contribution is 0.325. The third-order valence-electron chi connectivity index (χ3n) is 4.10. The molecule has 2 heterocycles. The van der Waals surface area contributed by atoms with Gasteiger partial charge >= 0.3 is 0 Å². The van der Waals surface area contributed by atoms with E-state index in [1.165, 1.54) is 0 Å². The highest BCUT2D eigenvalue weighted by molar-refractivity contribution is 5.93. The molecule has 0 saturated heterocycles. The number of aromatic nitrogens is 3. The Morgan fingerprint density at radius 1 is 1.04 bits per heavy atom. The van der Waals surface area contributed by atoms with Crippen LogP contribution in [0.5, 0.6) is 0 Å². The highest BCUT2D eigenvalue weighted by Crippen LogP contribution is 2.23. The number of para-hydroxylation sites is 1. The summed E-state index contributed by atoms with van der Waals surface area (Å²) in [5, 5.41) is 15.8. The maximum absolute atomic E-state index is 8.01. The summed E-state index contributed by atoms with van der Waals surface area (Å²) >= 11 is 0. The maximum Gasteiger partial charge on any atom is 0.247 e. The van der Waals surface area contributed by atoms with Crippen molar-refractivity contribution in [1.82, 2.24) is 14.6 Å². The first-order valence-corrected chi connectivity index (χ1v) is 8.74. The van der Waals surface area contributed by atoms with Crippen LogP contribution in [0.15, 0.2) is 72.8 Å². The first-order valence-electron chi connectivity index (χ1n) is 8.74. The second kappa shape index (κ2) is 7.29. The topological polar surface area (TPSA) is 75.3 Å². The van der Waals surface area contributed by atoms with E-state index < -0.39 is 0 Å². The molecule has 0 saturated carbocycles. The van der Waals surface area contributed by atoms with Crippen LogP contribution in [0.25, 0.3) is 16.9 Å². The molecule has 6 heteroatoms. The molecule has 0 spiro atoms. The molecule has 2 aromatic carbocycles. The fourth-order valence-corrected chi connectivity index (χ4v) is 2.87. The summed E-state index contributed by atoms with van der Waals surface area (Å²) in [6.45, 7) is 2.34. The van der Waals surface area contributed by atoms with Gasteiger partial charge in [0.15, 0.2) is 5.65 Å². The lowest BCUT2D eigenvalue weighted by Crippen LogP contribution is -2.05. The summed E-state index contributed by atoms with van der Waals surface area (Å²) in [5.74, 6) is 0.698. The van der Waals surface area contributed by atoms with Crippen molar-refractivity contribution < 1.29 is 4.74 Å². The van der Waals surface area contributed by atoms with Gasteiger partial charge in [0, 0.05) is 16.8 Å². The summed E-state index contributed by atoms with van der Waals surface area (Å²) < 4.78 is 7.12. The number of hydrogen-bond donors (Lipinski definition) is 2. The zero-order chi connectivity index (χ0) is 18.6. The highest BCUT2D eigenvalue weighted by Gasteiger charge is 2.11. The number of fused-ring (bicyclic) bond motifs is 1. The van der Waals surface area contributed by atoms with E-state index in [0.717, 1.165) is 28.2 Å². The first-order chi connectivity index (χ1) is 13.2. The third-order valence-corrected chi connectivity index (χ3v) is 4.10. The van der Waals surface area contributed by atoms with Gasteiger partial charge in [0.25, 0.3) is 0 Å². The minimum absolute atomic E-state index is 0.163. The number of benzene rings is 2. The molecule has 2 N–H and O–H groups in total. The number of hydrogen-bond acceptors (Lipinski definition) is 5. The lowest BCUT2D eigenvalue weighted by Gasteiger charge is -2.08. The van der Waals surface area contributed by atoms with Crippen LogP contribution < -0.4 is 5.32 Å². The lowest BCUT2D eigenvalue weighted by atomic mass is 10.1. The van der Waals surface area contributed by atoms with E-state index in [1.54, 1.807) is 4.52 Å². The molecule has 0 aliphatic carbocycles. The molecule has 4 rings (SSSR count). The Bertz CT molecular complexity index is 1090. The number of nitrogens with one attached hydrogen (secondary N) is 2. The fourth-order valence-electron chi connectivity index (χ4n) is 2.87. The van der Waals surface area contributed by atoms with Gasteiger partial charge in [-0.2, -0.15) is 4.98 Å². The van der Waals surface area contributed by atoms with Crippen LogP contribution in [0.2, 0.25) is 0 Å². The van der Waals surface area contributed by atoms with Crippen LogP contribution in [0.1, 0.15) is 12.5 Å². The van der Waals surface area contributed by atoms with Gasteiger partial charge in [-0.05, 0) is 43.3 Å². The quantitative estimate of drug-likeness (QED) is 0.407. The van der Waals surface area contributed by atoms with Crippen LogP contribution in [-0.4, -0.2) is 27.1 Å². The zero-order valence-corrected chi connectivity index (χ0v) is 14.9. The molecule has 134 valence electrons.